The summed E-state index contributed by atoms with van der Waals surface area (Å²) in [4.78, 5) is 0. The second kappa shape index (κ2) is 9.86. The third-order valence-corrected chi connectivity index (χ3v) is 3.37. The van der Waals surface area contributed by atoms with Gasteiger partial charge in [-0.15, -0.1) is 5.41 Å². The summed E-state index contributed by atoms with van der Waals surface area (Å²) in [5, 5.41) is 0. The molecule has 0 N–H and O–H groups in total. The monoisotopic (exact) mass is 256 g/mol. The summed E-state index contributed by atoms with van der Waals surface area (Å²) >= 11 is 0. The van der Waals surface area contributed by atoms with E-state index in [-0.39, 0.29) is 28.5 Å². The van der Waals surface area contributed by atoms with Crippen molar-refractivity contribution in [2.24, 2.45) is 11.8 Å². The van der Waals surface area contributed by atoms with Gasteiger partial charge >= 0.3 is 23.1 Å². The molecule has 1 aromatic carbocycles. The van der Waals surface area contributed by atoms with Gasteiger partial charge in [0.1, 0.15) is 0 Å². The zero-order chi connectivity index (χ0) is 13.5. The van der Waals surface area contributed by atoms with Crippen LogP contribution in [0.4, 0.5) is 0 Å². The fraction of sp³-hybridized carbons (Fsp3) is 0.529. The van der Waals surface area contributed by atoms with Gasteiger partial charge in [-0.3, -0.25) is 0 Å². The number of hydrogen-bond donors (Lipinski definition) is 0. The fourth-order valence-electron chi connectivity index (χ4n) is 2.08. The second-order valence-electron chi connectivity index (χ2n) is 5.29. The van der Waals surface area contributed by atoms with Crippen molar-refractivity contribution in [1.29, 1.82) is 0 Å². The molecule has 0 nitrogen and oxygen atoms in total. The molecule has 0 atom stereocenters. The first-order valence-electron chi connectivity index (χ1n) is 6.56. The number of rotatable bonds is 3. The van der Waals surface area contributed by atoms with Crippen molar-refractivity contribution in [1.82, 2.24) is 0 Å². The van der Waals surface area contributed by atoms with Crippen molar-refractivity contribution in [3.8, 4) is 0 Å². The van der Waals surface area contributed by atoms with Crippen LogP contribution in [0.3, 0.4) is 0 Å². The number of benzene rings is 1. The van der Waals surface area contributed by atoms with E-state index in [0.717, 1.165) is 0 Å². The molecule has 0 heterocycles. The Morgan fingerprint density at radius 1 is 0.944 bits per heavy atom. The molecule has 0 amide bonds. The first kappa shape index (κ1) is 20.3. The third-order valence-electron chi connectivity index (χ3n) is 3.37. The maximum absolute atomic E-state index is 4.44. The van der Waals surface area contributed by atoms with Crippen LogP contribution in [-0.2, 0) is 5.41 Å². The zero-order valence-corrected chi connectivity index (χ0v) is 14.4. The maximum atomic E-state index is 4.44. The molecule has 0 fully saturated rings. The topological polar surface area (TPSA) is 0 Å². The van der Waals surface area contributed by atoms with Crippen molar-refractivity contribution >= 4 is 23.1 Å². The smallest absolute Gasteiger partial charge is 0.335 e. The van der Waals surface area contributed by atoms with Gasteiger partial charge in [-0.2, -0.15) is 13.8 Å². The van der Waals surface area contributed by atoms with Crippen molar-refractivity contribution in [2.75, 3.05) is 0 Å². The van der Waals surface area contributed by atoms with E-state index in [9.17, 15) is 0 Å². The van der Waals surface area contributed by atoms with E-state index in [0.29, 0.717) is 11.8 Å². The van der Waals surface area contributed by atoms with E-state index < -0.39 is 0 Å². The molecular weight excluding hydrogens is 228 g/mol. The predicted molar refractivity (Wildman–Crippen MR) is 84.6 cm³/mol. The van der Waals surface area contributed by atoms with Crippen LogP contribution in [0.2, 0.25) is 0 Å². The Labute approximate surface area is 131 Å². The first-order valence-corrected chi connectivity index (χ1v) is 6.56. The van der Waals surface area contributed by atoms with Crippen molar-refractivity contribution in [3.05, 3.63) is 49.2 Å². The molecule has 0 saturated heterocycles. The zero-order valence-electron chi connectivity index (χ0n) is 13.0. The summed E-state index contributed by atoms with van der Waals surface area (Å²) in [6.45, 7) is 17.4. The molecule has 1 heteroatoms. The quantitative estimate of drug-likeness (QED) is 0.532. The molecule has 0 aromatic heterocycles. The van der Waals surface area contributed by atoms with Gasteiger partial charge < -0.3 is 13.3 Å². The summed E-state index contributed by atoms with van der Waals surface area (Å²) in [7, 11) is 0. The van der Waals surface area contributed by atoms with E-state index in [2.05, 4.69) is 65.0 Å². The van der Waals surface area contributed by atoms with Crippen LogP contribution in [0.15, 0.2) is 30.3 Å². The van der Waals surface area contributed by atoms with Gasteiger partial charge in [0, 0.05) is 0 Å². The van der Waals surface area contributed by atoms with E-state index in [1.165, 1.54) is 5.56 Å². The fourth-order valence-corrected chi connectivity index (χ4v) is 2.08. The molecule has 0 aliphatic carbocycles. The van der Waals surface area contributed by atoms with Gasteiger partial charge in [0.25, 0.3) is 0 Å². The second-order valence-corrected chi connectivity index (χ2v) is 5.29. The minimum atomic E-state index is 0. The molecule has 0 saturated carbocycles. The van der Waals surface area contributed by atoms with Gasteiger partial charge in [-0.05, 0) is 0 Å². The summed E-state index contributed by atoms with van der Waals surface area (Å²) in [6, 6.07) is 10.6. The third kappa shape index (κ3) is 5.32. The van der Waals surface area contributed by atoms with E-state index >= 15 is 0 Å². The Morgan fingerprint density at radius 2 is 1.28 bits per heavy atom. The van der Waals surface area contributed by atoms with Gasteiger partial charge in [0.05, 0.1) is 0 Å². The summed E-state index contributed by atoms with van der Waals surface area (Å²) in [5.74, 6) is 1.12. The standard InChI is InChI=1S/C14H21.C3H7.Mg/c1-11(2)14(5,12(3)4)13-9-7-6-8-10-13;1-3-2;/h6-12H,5H2,1-4H3;3H,1-2H3;/q2*-1;+2. The van der Waals surface area contributed by atoms with E-state index in [1.54, 1.807) is 0 Å². The molecule has 1 rings (SSSR count). The molecule has 0 unspecified atom stereocenters. The van der Waals surface area contributed by atoms with Gasteiger partial charge in [-0.1, -0.05) is 75.4 Å². The minimum absolute atomic E-state index is 0. The Balaban J connectivity index is 0. The van der Waals surface area contributed by atoms with Crippen LogP contribution in [0, 0.1) is 25.2 Å². The Bertz CT molecular complexity index is 280. The van der Waals surface area contributed by atoms with E-state index in [4.69, 9.17) is 0 Å². The molecule has 98 valence electrons. The summed E-state index contributed by atoms with van der Waals surface area (Å²) in [6.07, 6.45) is 2.00. The van der Waals surface area contributed by atoms with Gasteiger partial charge in [0.2, 0.25) is 0 Å². The molecular formula is C17H28Mg. The van der Waals surface area contributed by atoms with Crippen LogP contribution in [0.25, 0.3) is 0 Å². The summed E-state index contributed by atoms with van der Waals surface area (Å²) < 4.78 is 0. The van der Waals surface area contributed by atoms with Crippen molar-refractivity contribution < 1.29 is 0 Å². The normalized spacial score (nSPS) is 10.7. The molecule has 0 radical (unpaired) electrons. The van der Waals surface area contributed by atoms with Gasteiger partial charge in [-0.25, -0.2) is 0 Å². The Hall–Kier alpha value is -0.0138. The molecule has 0 aliphatic rings. The van der Waals surface area contributed by atoms with Crippen molar-refractivity contribution in [2.45, 2.75) is 47.0 Å². The average Bonchev–Trinajstić information content (AvgIpc) is 2.29. The SMILES string of the molecule is C[CH-]C.[CH2-]C(c1ccccc1)(C(C)C)C(C)C.[Mg+2]. The van der Waals surface area contributed by atoms with Gasteiger partial charge in [0.15, 0.2) is 0 Å². The largest absolute Gasteiger partial charge is 2.00 e. The van der Waals surface area contributed by atoms with Crippen LogP contribution >= 0.6 is 0 Å². The van der Waals surface area contributed by atoms with Crippen molar-refractivity contribution in [3.63, 3.8) is 0 Å². The van der Waals surface area contributed by atoms with E-state index in [1.807, 2.05) is 20.3 Å². The molecule has 0 aliphatic heterocycles. The maximum Gasteiger partial charge on any atom is 2.00 e. The van der Waals surface area contributed by atoms with Crippen LogP contribution < -0.4 is 0 Å². The Morgan fingerprint density at radius 3 is 1.56 bits per heavy atom. The van der Waals surface area contributed by atoms with Crippen LogP contribution in [-0.4, -0.2) is 23.1 Å². The first-order chi connectivity index (χ1) is 7.91. The predicted octanol–water partition coefficient (Wildman–Crippen LogP) is 4.92. The minimum Gasteiger partial charge on any atom is -0.335 e. The van der Waals surface area contributed by atoms with Crippen LogP contribution in [0.5, 0.6) is 0 Å². The molecule has 1 aromatic rings. The molecule has 18 heavy (non-hydrogen) atoms. The Kier molecular flexibility index (Phi) is 11.1. The molecule has 0 bridgehead atoms. The summed E-state index contributed by atoms with van der Waals surface area (Å²) in [5.41, 5.74) is 1.39. The number of hydrogen-bond acceptors (Lipinski definition) is 0. The molecule has 0 spiro atoms. The average molecular weight is 257 g/mol. The van der Waals surface area contributed by atoms with Crippen LogP contribution in [0.1, 0.15) is 47.1 Å².